The van der Waals surface area contributed by atoms with Gasteiger partial charge in [0.25, 0.3) is 5.91 Å². The van der Waals surface area contributed by atoms with Crippen LogP contribution in [0.3, 0.4) is 0 Å². The van der Waals surface area contributed by atoms with E-state index in [2.05, 4.69) is 5.32 Å². The van der Waals surface area contributed by atoms with E-state index in [4.69, 9.17) is 5.11 Å². The van der Waals surface area contributed by atoms with Gasteiger partial charge in [-0.15, -0.1) is 0 Å². The quantitative estimate of drug-likeness (QED) is 0.750. The molecule has 1 amide bonds. The first kappa shape index (κ1) is 12.4. The van der Waals surface area contributed by atoms with Crippen molar-refractivity contribution >= 4 is 11.9 Å². The fourth-order valence-corrected chi connectivity index (χ4v) is 1.86. The van der Waals surface area contributed by atoms with Crippen molar-refractivity contribution in [2.75, 3.05) is 0 Å². The molecule has 1 unspecified atom stereocenters. The van der Waals surface area contributed by atoms with Crippen molar-refractivity contribution in [2.24, 2.45) is 5.92 Å². The molecule has 0 aliphatic heterocycles. The van der Waals surface area contributed by atoms with Crippen molar-refractivity contribution in [3.8, 4) is 5.75 Å². The highest BCUT2D eigenvalue weighted by atomic mass is 16.4. The van der Waals surface area contributed by atoms with E-state index < -0.39 is 17.9 Å². The Kier molecular flexibility index (Phi) is 3.23. The summed E-state index contributed by atoms with van der Waals surface area (Å²) in [6, 6.07) is 3.80. The van der Waals surface area contributed by atoms with Crippen molar-refractivity contribution in [3.63, 3.8) is 0 Å². The monoisotopic (exact) mass is 249 g/mol. The Bertz CT molecular complexity index is 494. The Morgan fingerprint density at radius 3 is 2.56 bits per heavy atom. The van der Waals surface area contributed by atoms with Crippen LogP contribution in [-0.2, 0) is 4.79 Å². The van der Waals surface area contributed by atoms with Crippen molar-refractivity contribution in [1.29, 1.82) is 0 Å². The predicted octanol–water partition coefficient (Wildman–Crippen LogP) is 1.29. The van der Waals surface area contributed by atoms with Gasteiger partial charge in [-0.1, -0.05) is 6.07 Å². The van der Waals surface area contributed by atoms with E-state index in [9.17, 15) is 14.7 Å². The minimum absolute atomic E-state index is 0.0130. The van der Waals surface area contributed by atoms with Crippen LogP contribution in [0.1, 0.15) is 28.8 Å². The van der Waals surface area contributed by atoms with Gasteiger partial charge in [0.15, 0.2) is 0 Å². The minimum atomic E-state index is -1.03. The number of benzene rings is 1. The van der Waals surface area contributed by atoms with Crippen LogP contribution in [0.25, 0.3) is 0 Å². The van der Waals surface area contributed by atoms with Crippen LogP contribution in [0.2, 0.25) is 0 Å². The van der Waals surface area contributed by atoms with Crippen molar-refractivity contribution < 1.29 is 19.8 Å². The average Bonchev–Trinajstić information content (AvgIpc) is 3.08. The summed E-state index contributed by atoms with van der Waals surface area (Å²) in [7, 11) is 0. The third kappa shape index (κ3) is 2.61. The number of hydrogen-bond donors (Lipinski definition) is 3. The van der Waals surface area contributed by atoms with Crippen molar-refractivity contribution in [1.82, 2.24) is 5.32 Å². The molecule has 18 heavy (non-hydrogen) atoms. The number of aryl methyl sites for hydroxylation is 1. The molecular weight excluding hydrogens is 234 g/mol. The summed E-state index contributed by atoms with van der Waals surface area (Å²) in [5, 5.41) is 21.1. The molecule has 0 heterocycles. The fraction of sp³-hybridized carbons (Fsp3) is 0.385. The number of carboxylic acid groups (broad SMARTS) is 1. The summed E-state index contributed by atoms with van der Waals surface area (Å²) in [5.41, 5.74) is 0.938. The van der Waals surface area contributed by atoms with E-state index in [-0.39, 0.29) is 17.2 Å². The topological polar surface area (TPSA) is 86.6 Å². The highest BCUT2D eigenvalue weighted by Gasteiger charge is 2.37. The number of nitrogens with one attached hydrogen (secondary N) is 1. The lowest BCUT2D eigenvalue weighted by Crippen LogP contribution is -2.42. The molecule has 96 valence electrons. The Labute approximate surface area is 104 Å². The summed E-state index contributed by atoms with van der Waals surface area (Å²) < 4.78 is 0. The number of carbonyl (C=O) groups excluding carboxylic acids is 1. The van der Waals surface area contributed by atoms with Gasteiger partial charge in [-0.05, 0) is 43.4 Å². The van der Waals surface area contributed by atoms with Gasteiger partial charge < -0.3 is 15.5 Å². The standard InChI is InChI=1S/C13H15NO4/c1-7-2-5-9(10(15)6-7)12(16)14-11(13(17)18)8-3-4-8/h2,5-6,8,11,15H,3-4H2,1H3,(H,14,16)(H,17,18). The molecule has 0 bridgehead atoms. The SMILES string of the molecule is Cc1ccc(C(=O)NC(C(=O)O)C2CC2)c(O)c1. The van der Waals surface area contributed by atoms with Crippen LogP contribution in [-0.4, -0.2) is 28.1 Å². The number of aromatic hydroxyl groups is 1. The van der Waals surface area contributed by atoms with E-state index in [1.807, 2.05) is 0 Å². The lowest BCUT2D eigenvalue weighted by Gasteiger charge is -2.14. The lowest BCUT2D eigenvalue weighted by molar-refractivity contribution is -0.139. The molecule has 0 spiro atoms. The molecule has 5 nitrogen and oxygen atoms in total. The molecule has 1 atom stereocenters. The van der Waals surface area contributed by atoms with Crippen LogP contribution in [0.15, 0.2) is 18.2 Å². The number of carboxylic acids is 1. The number of carbonyl (C=O) groups is 2. The normalized spacial score (nSPS) is 16.1. The van der Waals surface area contributed by atoms with Crippen LogP contribution in [0, 0.1) is 12.8 Å². The van der Waals surface area contributed by atoms with Crippen molar-refractivity contribution in [3.05, 3.63) is 29.3 Å². The van der Waals surface area contributed by atoms with Crippen LogP contribution in [0.4, 0.5) is 0 Å². The molecule has 1 aliphatic carbocycles. The van der Waals surface area contributed by atoms with E-state index in [0.29, 0.717) is 0 Å². The number of amides is 1. The molecular formula is C13H15NO4. The Hall–Kier alpha value is -2.04. The molecule has 1 saturated carbocycles. The second-order valence-corrected chi connectivity index (χ2v) is 4.65. The fourth-order valence-electron chi connectivity index (χ4n) is 1.86. The third-order valence-electron chi connectivity index (χ3n) is 3.04. The zero-order chi connectivity index (χ0) is 13.3. The molecule has 3 N–H and O–H groups in total. The summed E-state index contributed by atoms with van der Waals surface area (Å²) in [5.74, 6) is -1.70. The highest BCUT2D eigenvalue weighted by Crippen LogP contribution is 2.33. The average molecular weight is 249 g/mol. The lowest BCUT2D eigenvalue weighted by atomic mass is 10.1. The van der Waals surface area contributed by atoms with Gasteiger partial charge >= 0.3 is 5.97 Å². The summed E-state index contributed by atoms with van der Waals surface area (Å²) in [4.78, 5) is 22.9. The van der Waals surface area contributed by atoms with Gasteiger partial charge in [0.05, 0.1) is 5.56 Å². The molecule has 1 aliphatic rings. The zero-order valence-corrected chi connectivity index (χ0v) is 10.0. The molecule has 1 aromatic rings. The maximum absolute atomic E-state index is 11.9. The summed E-state index contributed by atoms with van der Waals surface area (Å²) in [6.45, 7) is 1.80. The van der Waals surface area contributed by atoms with Gasteiger partial charge in [-0.3, -0.25) is 4.79 Å². The first-order chi connectivity index (χ1) is 8.49. The maximum Gasteiger partial charge on any atom is 0.326 e. The molecule has 0 radical (unpaired) electrons. The first-order valence-electron chi connectivity index (χ1n) is 5.82. The predicted molar refractivity (Wildman–Crippen MR) is 64.5 cm³/mol. The minimum Gasteiger partial charge on any atom is -0.507 e. The number of aliphatic carboxylic acids is 1. The zero-order valence-electron chi connectivity index (χ0n) is 10.0. The van der Waals surface area contributed by atoms with E-state index >= 15 is 0 Å². The third-order valence-corrected chi connectivity index (χ3v) is 3.04. The number of phenols is 1. The summed E-state index contributed by atoms with van der Waals surface area (Å²) in [6.07, 6.45) is 1.63. The van der Waals surface area contributed by atoms with Gasteiger partial charge in [0.2, 0.25) is 0 Å². The molecule has 0 saturated heterocycles. The van der Waals surface area contributed by atoms with E-state index in [1.54, 1.807) is 13.0 Å². The van der Waals surface area contributed by atoms with Crippen LogP contribution < -0.4 is 5.32 Å². The van der Waals surface area contributed by atoms with Gasteiger partial charge in [0.1, 0.15) is 11.8 Å². The Morgan fingerprint density at radius 1 is 1.39 bits per heavy atom. The molecule has 2 rings (SSSR count). The Morgan fingerprint density at radius 2 is 2.06 bits per heavy atom. The molecule has 1 fully saturated rings. The van der Waals surface area contributed by atoms with E-state index in [0.717, 1.165) is 18.4 Å². The van der Waals surface area contributed by atoms with Gasteiger partial charge in [-0.25, -0.2) is 4.79 Å². The molecule has 1 aromatic carbocycles. The van der Waals surface area contributed by atoms with Crippen LogP contribution >= 0.6 is 0 Å². The Balaban J connectivity index is 2.13. The number of rotatable bonds is 4. The first-order valence-corrected chi connectivity index (χ1v) is 5.82. The van der Waals surface area contributed by atoms with Crippen LogP contribution in [0.5, 0.6) is 5.75 Å². The largest absolute Gasteiger partial charge is 0.507 e. The van der Waals surface area contributed by atoms with Gasteiger partial charge in [0, 0.05) is 0 Å². The maximum atomic E-state index is 11.9. The van der Waals surface area contributed by atoms with Gasteiger partial charge in [-0.2, -0.15) is 0 Å². The molecule has 0 aromatic heterocycles. The van der Waals surface area contributed by atoms with Crippen molar-refractivity contribution in [2.45, 2.75) is 25.8 Å². The smallest absolute Gasteiger partial charge is 0.326 e. The number of phenolic OH excluding ortho intramolecular Hbond substituents is 1. The number of hydrogen-bond acceptors (Lipinski definition) is 3. The second-order valence-electron chi connectivity index (χ2n) is 4.65. The molecule has 5 heteroatoms. The second kappa shape index (κ2) is 4.68. The summed E-state index contributed by atoms with van der Waals surface area (Å²) >= 11 is 0. The highest BCUT2D eigenvalue weighted by molar-refractivity contribution is 5.99. The van der Waals surface area contributed by atoms with E-state index in [1.165, 1.54) is 12.1 Å².